The number of fused-ring (bicyclic) bond motifs is 1. The van der Waals surface area contributed by atoms with Gasteiger partial charge in [0.2, 0.25) is 0 Å². The molecule has 1 N–H and O–H groups in total. The van der Waals surface area contributed by atoms with Crippen LogP contribution in [-0.2, 0) is 0 Å². The Kier molecular flexibility index (Phi) is 2.86. The number of likely N-dealkylation sites (tertiary alicyclic amines) is 1. The molecule has 4 nitrogen and oxygen atoms in total. The van der Waals surface area contributed by atoms with Crippen LogP contribution in [0.4, 0.5) is 0 Å². The van der Waals surface area contributed by atoms with E-state index in [0.717, 1.165) is 25.2 Å². The van der Waals surface area contributed by atoms with E-state index in [0.29, 0.717) is 17.4 Å². The zero-order chi connectivity index (χ0) is 13.6. The Morgan fingerprint density at radius 3 is 2.89 bits per heavy atom. The number of hydrogen-bond donors (Lipinski definition) is 1. The molecule has 0 saturated carbocycles. The summed E-state index contributed by atoms with van der Waals surface area (Å²) >= 11 is 0. The van der Waals surface area contributed by atoms with Crippen LogP contribution < -0.4 is 5.32 Å². The van der Waals surface area contributed by atoms with E-state index in [2.05, 4.69) is 24.1 Å². The van der Waals surface area contributed by atoms with E-state index in [1.807, 2.05) is 17.9 Å². The molecule has 1 amide bonds. The van der Waals surface area contributed by atoms with Crippen molar-refractivity contribution in [1.82, 2.24) is 15.2 Å². The number of nitrogens with one attached hydrogen (secondary N) is 1. The molecule has 4 heteroatoms. The van der Waals surface area contributed by atoms with Crippen LogP contribution in [0.1, 0.15) is 29.8 Å². The van der Waals surface area contributed by atoms with Crippen LogP contribution in [0.3, 0.4) is 0 Å². The van der Waals surface area contributed by atoms with Crippen LogP contribution in [0.5, 0.6) is 0 Å². The number of amides is 1. The maximum Gasteiger partial charge on any atom is 0.255 e. The molecule has 0 bridgehead atoms. The maximum atomic E-state index is 12.7. The van der Waals surface area contributed by atoms with Crippen LogP contribution >= 0.6 is 0 Å². The van der Waals surface area contributed by atoms with Crippen molar-refractivity contribution in [2.75, 3.05) is 19.6 Å². The van der Waals surface area contributed by atoms with Crippen molar-refractivity contribution in [2.24, 2.45) is 11.8 Å². The van der Waals surface area contributed by atoms with Gasteiger partial charge in [-0.05, 0) is 44.2 Å². The fourth-order valence-corrected chi connectivity index (χ4v) is 3.59. The van der Waals surface area contributed by atoms with Gasteiger partial charge in [0.15, 0.2) is 0 Å². The van der Waals surface area contributed by atoms with Crippen molar-refractivity contribution in [2.45, 2.75) is 26.3 Å². The minimum absolute atomic E-state index is 0.0744. The van der Waals surface area contributed by atoms with Crippen molar-refractivity contribution in [1.29, 1.82) is 0 Å². The summed E-state index contributed by atoms with van der Waals surface area (Å²) in [5, 5.41) is 3.44. The summed E-state index contributed by atoms with van der Waals surface area (Å²) in [6, 6.07) is 1.93. The summed E-state index contributed by atoms with van der Waals surface area (Å²) in [5.41, 5.74) is 1.67. The molecule has 19 heavy (non-hydrogen) atoms. The van der Waals surface area contributed by atoms with Crippen molar-refractivity contribution >= 4 is 5.91 Å². The molecule has 2 unspecified atom stereocenters. The van der Waals surface area contributed by atoms with Crippen LogP contribution in [0.15, 0.2) is 18.5 Å². The highest BCUT2D eigenvalue weighted by Gasteiger charge is 2.51. The molecule has 3 heterocycles. The first kappa shape index (κ1) is 12.6. The SMILES string of the molecule is Cc1cncc(C(=O)N2CC3CNCC3C2(C)C)c1. The van der Waals surface area contributed by atoms with E-state index >= 15 is 0 Å². The fraction of sp³-hybridized carbons (Fsp3) is 0.600. The molecule has 0 radical (unpaired) electrons. The van der Waals surface area contributed by atoms with E-state index < -0.39 is 0 Å². The topological polar surface area (TPSA) is 45.2 Å². The van der Waals surface area contributed by atoms with Crippen molar-refractivity contribution in [3.63, 3.8) is 0 Å². The average Bonchev–Trinajstić information content (AvgIpc) is 2.91. The van der Waals surface area contributed by atoms with Gasteiger partial charge in [-0.25, -0.2) is 0 Å². The van der Waals surface area contributed by atoms with Crippen molar-refractivity contribution in [3.05, 3.63) is 29.6 Å². The highest BCUT2D eigenvalue weighted by molar-refractivity contribution is 5.94. The number of aromatic nitrogens is 1. The number of carbonyl (C=O) groups is 1. The molecule has 2 aliphatic heterocycles. The predicted octanol–water partition coefficient (Wildman–Crippen LogP) is 1.46. The molecule has 2 aliphatic rings. The van der Waals surface area contributed by atoms with E-state index in [1.54, 1.807) is 12.4 Å². The van der Waals surface area contributed by atoms with Gasteiger partial charge >= 0.3 is 0 Å². The van der Waals surface area contributed by atoms with E-state index in [9.17, 15) is 4.79 Å². The lowest BCUT2D eigenvalue weighted by Crippen LogP contribution is -2.47. The molecule has 0 aliphatic carbocycles. The Bertz CT molecular complexity index is 512. The van der Waals surface area contributed by atoms with Gasteiger partial charge in [0.25, 0.3) is 5.91 Å². The van der Waals surface area contributed by atoms with Gasteiger partial charge in [0.1, 0.15) is 0 Å². The van der Waals surface area contributed by atoms with Gasteiger partial charge < -0.3 is 10.2 Å². The first-order valence-corrected chi connectivity index (χ1v) is 6.94. The standard InChI is InChI=1S/C15H21N3O/c1-10-4-11(6-16-5-10)14(19)18-9-12-7-17-8-13(12)15(18,2)3/h4-6,12-13,17H,7-9H2,1-3H3. The van der Waals surface area contributed by atoms with Crippen LogP contribution in [0.25, 0.3) is 0 Å². The molecule has 3 rings (SSSR count). The minimum Gasteiger partial charge on any atom is -0.333 e. The first-order chi connectivity index (χ1) is 9.00. The molecule has 2 saturated heterocycles. The van der Waals surface area contributed by atoms with E-state index in [1.165, 1.54) is 0 Å². The summed E-state index contributed by atoms with van der Waals surface area (Å²) in [7, 11) is 0. The maximum absolute atomic E-state index is 12.7. The largest absolute Gasteiger partial charge is 0.333 e. The Labute approximate surface area is 114 Å². The number of pyridine rings is 1. The highest BCUT2D eigenvalue weighted by Crippen LogP contribution is 2.41. The molecule has 0 aromatic carbocycles. The molecule has 0 spiro atoms. The van der Waals surface area contributed by atoms with Gasteiger partial charge in [-0.15, -0.1) is 0 Å². The Morgan fingerprint density at radius 1 is 1.42 bits per heavy atom. The third-order valence-electron chi connectivity index (χ3n) is 4.73. The van der Waals surface area contributed by atoms with Gasteiger partial charge in [-0.1, -0.05) is 0 Å². The predicted molar refractivity (Wildman–Crippen MR) is 73.9 cm³/mol. The Hall–Kier alpha value is -1.42. The van der Waals surface area contributed by atoms with Gasteiger partial charge in [0, 0.05) is 37.6 Å². The van der Waals surface area contributed by atoms with Gasteiger partial charge in [-0.2, -0.15) is 0 Å². The van der Waals surface area contributed by atoms with Crippen LogP contribution in [-0.4, -0.2) is 41.0 Å². The summed E-state index contributed by atoms with van der Waals surface area (Å²) in [5.74, 6) is 1.28. The zero-order valence-electron chi connectivity index (χ0n) is 11.8. The average molecular weight is 259 g/mol. The second-order valence-electron chi connectivity index (χ2n) is 6.35. The lowest BCUT2D eigenvalue weighted by molar-refractivity contribution is 0.0603. The number of aryl methyl sites for hydroxylation is 1. The zero-order valence-corrected chi connectivity index (χ0v) is 11.8. The quantitative estimate of drug-likeness (QED) is 0.830. The molecule has 2 fully saturated rings. The molecular weight excluding hydrogens is 238 g/mol. The minimum atomic E-state index is -0.0744. The van der Waals surface area contributed by atoms with Crippen LogP contribution in [0, 0.1) is 18.8 Å². The lowest BCUT2D eigenvalue weighted by Gasteiger charge is -2.35. The molecule has 1 aromatic rings. The lowest BCUT2D eigenvalue weighted by atomic mass is 9.84. The molecule has 102 valence electrons. The summed E-state index contributed by atoms with van der Waals surface area (Å²) < 4.78 is 0. The Balaban J connectivity index is 1.88. The van der Waals surface area contributed by atoms with Crippen molar-refractivity contribution in [3.8, 4) is 0 Å². The van der Waals surface area contributed by atoms with E-state index in [4.69, 9.17) is 0 Å². The Morgan fingerprint density at radius 2 is 2.21 bits per heavy atom. The monoisotopic (exact) mass is 259 g/mol. The number of rotatable bonds is 1. The molecular formula is C15H21N3O. The molecule has 2 atom stereocenters. The summed E-state index contributed by atoms with van der Waals surface area (Å²) in [6.45, 7) is 9.25. The summed E-state index contributed by atoms with van der Waals surface area (Å²) in [6.07, 6.45) is 3.46. The number of hydrogen-bond acceptors (Lipinski definition) is 3. The molecule has 1 aromatic heterocycles. The third-order valence-corrected chi connectivity index (χ3v) is 4.73. The van der Waals surface area contributed by atoms with Gasteiger partial charge in [-0.3, -0.25) is 9.78 Å². The fourth-order valence-electron chi connectivity index (χ4n) is 3.59. The number of carbonyl (C=O) groups excluding carboxylic acids is 1. The second kappa shape index (κ2) is 4.30. The van der Waals surface area contributed by atoms with Crippen molar-refractivity contribution < 1.29 is 4.79 Å². The van der Waals surface area contributed by atoms with E-state index in [-0.39, 0.29) is 11.4 Å². The summed E-state index contributed by atoms with van der Waals surface area (Å²) in [4.78, 5) is 18.9. The highest BCUT2D eigenvalue weighted by atomic mass is 16.2. The second-order valence-corrected chi connectivity index (χ2v) is 6.35. The van der Waals surface area contributed by atoms with Crippen LogP contribution in [0.2, 0.25) is 0 Å². The number of nitrogens with zero attached hydrogens (tertiary/aromatic N) is 2. The smallest absolute Gasteiger partial charge is 0.255 e. The first-order valence-electron chi connectivity index (χ1n) is 6.94. The normalized spacial score (nSPS) is 28.5. The van der Waals surface area contributed by atoms with Gasteiger partial charge in [0.05, 0.1) is 5.56 Å². The third kappa shape index (κ3) is 1.94.